The molecule has 2 atom stereocenters. The van der Waals surface area contributed by atoms with Crippen molar-refractivity contribution in [1.29, 1.82) is 0 Å². The topological polar surface area (TPSA) is 15.3 Å². The number of hydrogen-bond donors (Lipinski definition) is 1. The predicted molar refractivity (Wildman–Crippen MR) is 92.7 cm³/mol. The standard InChI is InChI=1S/C19H28N2/c1-5-15(3)21(4)14-19(20-6-2)18-12-11-16-9-7-8-10-17(16)13-18/h7-13,15,19-20H,5-6,14H2,1-4H3. The Bertz CT molecular complexity index is 564. The lowest BCUT2D eigenvalue weighted by atomic mass is 10.0. The predicted octanol–water partition coefficient (Wildman–Crippen LogP) is 4.22. The monoisotopic (exact) mass is 284 g/mol. The lowest BCUT2D eigenvalue weighted by Crippen LogP contribution is -2.37. The van der Waals surface area contributed by atoms with Crippen LogP contribution in [-0.2, 0) is 0 Å². The summed E-state index contributed by atoms with van der Waals surface area (Å²) >= 11 is 0. The Morgan fingerprint density at radius 2 is 1.76 bits per heavy atom. The summed E-state index contributed by atoms with van der Waals surface area (Å²) in [6.07, 6.45) is 1.19. The van der Waals surface area contributed by atoms with Crippen molar-refractivity contribution < 1.29 is 0 Å². The molecule has 2 rings (SSSR count). The first kappa shape index (κ1) is 16.0. The van der Waals surface area contributed by atoms with E-state index >= 15 is 0 Å². The zero-order valence-electron chi connectivity index (χ0n) is 13.8. The van der Waals surface area contributed by atoms with Gasteiger partial charge in [-0.3, -0.25) is 0 Å². The molecule has 114 valence electrons. The van der Waals surface area contributed by atoms with Gasteiger partial charge in [0.05, 0.1) is 0 Å². The van der Waals surface area contributed by atoms with Crippen LogP contribution in [0, 0.1) is 0 Å². The second kappa shape index (κ2) is 7.58. The van der Waals surface area contributed by atoms with Gasteiger partial charge in [-0.2, -0.15) is 0 Å². The molecule has 0 heterocycles. The number of hydrogen-bond acceptors (Lipinski definition) is 2. The first-order valence-electron chi connectivity index (χ1n) is 8.08. The summed E-state index contributed by atoms with van der Waals surface area (Å²) in [6.45, 7) is 8.76. The van der Waals surface area contributed by atoms with Crippen molar-refractivity contribution in [3.63, 3.8) is 0 Å². The minimum atomic E-state index is 0.388. The quantitative estimate of drug-likeness (QED) is 0.819. The van der Waals surface area contributed by atoms with Crippen molar-refractivity contribution in [3.8, 4) is 0 Å². The third kappa shape index (κ3) is 4.05. The minimum Gasteiger partial charge on any atom is -0.309 e. The Kier molecular flexibility index (Phi) is 5.77. The van der Waals surface area contributed by atoms with Gasteiger partial charge in [0.15, 0.2) is 0 Å². The van der Waals surface area contributed by atoms with Crippen LogP contribution >= 0.6 is 0 Å². The normalized spacial score (nSPS) is 14.5. The molecule has 0 aromatic heterocycles. The summed E-state index contributed by atoms with van der Waals surface area (Å²) in [5, 5.41) is 6.27. The van der Waals surface area contributed by atoms with Crippen molar-refractivity contribution in [2.24, 2.45) is 0 Å². The number of nitrogens with zero attached hydrogens (tertiary/aromatic N) is 1. The molecule has 0 bridgehead atoms. The van der Waals surface area contributed by atoms with E-state index in [0.29, 0.717) is 12.1 Å². The zero-order valence-corrected chi connectivity index (χ0v) is 13.8. The van der Waals surface area contributed by atoms with Gasteiger partial charge in [0, 0.05) is 18.6 Å². The summed E-state index contributed by atoms with van der Waals surface area (Å²) in [5.74, 6) is 0. The van der Waals surface area contributed by atoms with Gasteiger partial charge in [-0.05, 0) is 49.3 Å². The van der Waals surface area contributed by atoms with Crippen molar-refractivity contribution in [2.75, 3.05) is 20.1 Å². The van der Waals surface area contributed by atoms with Crippen LogP contribution in [-0.4, -0.2) is 31.1 Å². The van der Waals surface area contributed by atoms with Crippen molar-refractivity contribution in [1.82, 2.24) is 10.2 Å². The highest BCUT2D eigenvalue weighted by molar-refractivity contribution is 5.83. The molecule has 2 aromatic carbocycles. The molecule has 1 N–H and O–H groups in total. The van der Waals surface area contributed by atoms with Crippen LogP contribution in [0.4, 0.5) is 0 Å². The Hall–Kier alpha value is -1.38. The molecule has 0 aliphatic heterocycles. The van der Waals surface area contributed by atoms with Gasteiger partial charge in [0.1, 0.15) is 0 Å². The van der Waals surface area contributed by atoms with Crippen molar-refractivity contribution >= 4 is 10.8 Å². The SMILES string of the molecule is CCNC(CN(C)C(C)CC)c1ccc2ccccc2c1. The van der Waals surface area contributed by atoms with E-state index < -0.39 is 0 Å². The first-order valence-corrected chi connectivity index (χ1v) is 8.08. The van der Waals surface area contributed by atoms with Crippen LogP contribution in [0.1, 0.15) is 38.8 Å². The first-order chi connectivity index (χ1) is 10.2. The van der Waals surface area contributed by atoms with Gasteiger partial charge in [0.2, 0.25) is 0 Å². The maximum Gasteiger partial charge on any atom is 0.0449 e. The molecule has 0 radical (unpaired) electrons. The number of rotatable bonds is 7. The highest BCUT2D eigenvalue weighted by atomic mass is 15.1. The average molecular weight is 284 g/mol. The fourth-order valence-corrected chi connectivity index (χ4v) is 2.74. The average Bonchev–Trinajstić information content (AvgIpc) is 2.53. The second-order valence-electron chi connectivity index (χ2n) is 5.91. The summed E-state index contributed by atoms with van der Waals surface area (Å²) in [6, 6.07) is 16.4. The summed E-state index contributed by atoms with van der Waals surface area (Å²) < 4.78 is 0. The molecule has 2 nitrogen and oxygen atoms in total. The summed E-state index contributed by atoms with van der Waals surface area (Å²) in [4.78, 5) is 2.45. The Balaban J connectivity index is 2.22. The maximum absolute atomic E-state index is 3.63. The van der Waals surface area contributed by atoms with Gasteiger partial charge in [0.25, 0.3) is 0 Å². The van der Waals surface area contributed by atoms with Crippen LogP contribution in [0.25, 0.3) is 10.8 Å². The fraction of sp³-hybridized carbons (Fsp3) is 0.474. The molecule has 0 spiro atoms. The van der Waals surface area contributed by atoms with Gasteiger partial charge < -0.3 is 10.2 Å². The largest absolute Gasteiger partial charge is 0.309 e. The third-order valence-corrected chi connectivity index (χ3v) is 4.44. The molecular weight excluding hydrogens is 256 g/mol. The van der Waals surface area contributed by atoms with Crippen LogP contribution in [0.3, 0.4) is 0 Å². The van der Waals surface area contributed by atoms with E-state index in [1.165, 1.54) is 22.8 Å². The molecular formula is C19H28N2. The Morgan fingerprint density at radius 1 is 1.05 bits per heavy atom. The second-order valence-corrected chi connectivity index (χ2v) is 5.91. The zero-order chi connectivity index (χ0) is 15.2. The molecule has 0 fully saturated rings. The lowest BCUT2D eigenvalue weighted by Gasteiger charge is -2.29. The van der Waals surface area contributed by atoms with E-state index in [4.69, 9.17) is 0 Å². The Morgan fingerprint density at radius 3 is 2.43 bits per heavy atom. The molecule has 21 heavy (non-hydrogen) atoms. The highest BCUT2D eigenvalue weighted by Gasteiger charge is 2.16. The fourth-order valence-electron chi connectivity index (χ4n) is 2.74. The van der Waals surface area contributed by atoms with Crippen LogP contribution in [0.2, 0.25) is 0 Å². The molecule has 0 aliphatic rings. The van der Waals surface area contributed by atoms with Gasteiger partial charge in [-0.1, -0.05) is 50.2 Å². The van der Waals surface area contributed by atoms with Gasteiger partial charge in [-0.15, -0.1) is 0 Å². The lowest BCUT2D eigenvalue weighted by molar-refractivity contribution is 0.225. The summed E-state index contributed by atoms with van der Waals surface area (Å²) in [5.41, 5.74) is 1.38. The van der Waals surface area contributed by atoms with E-state index in [9.17, 15) is 0 Å². The number of benzene rings is 2. The number of nitrogens with one attached hydrogen (secondary N) is 1. The van der Waals surface area contributed by atoms with Gasteiger partial charge in [-0.25, -0.2) is 0 Å². The van der Waals surface area contributed by atoms with E-state index in [1.807, 2.05) is 0 Å². The molecule has 0 saturated carbocycles. The molecule has 2 unspecified atom stereocenters. The number of likely N-dealkylation sites (N-methyl/N-ethyl adjacent to an activating group) is 2. The third-order valence-electron chi connectivity index (χ3n) is 4.44. The van der Waals surface area contributed by atoms with Gasteiger partial charge >= 0.3 is 0 Å². The molecule has 2 aromatic rings. The van der Waals surface area contributed by atoms with Crippen LogP contribution in [0.15, 0.2) is 42.5 Å². The molecule has 0 saturated heterocycles. The van der Waals surface area contributed by atoms with E-state index in [0.717, 1.165) is 13.1 Å². The highest BCUT2D eigenvalue weighted by Crippen LogP contribution is 2.21. The van der Waals surface area contributed by atoms with E-state index in [2.05, 4.69) is 80.5 Å². The smallest absolute Gasteiger partial charge is 0.0449 e. The minimum absolute atomic E-state index is 0.388. The van der Waals surface area contributed by atoms with Crippen LogP contribution < -0.4 is 5.32 Å². The van der Waals surface area contributed by atoms with E-state index in [1.54, 1.807) is 0 Å². The van der Waals surface area contributed by atoms with E-state index in [-0.39, 0.29) is 0 Å². The van der Waals surface area contributed by atoms with Crippen molar-refractivity contribution in [3.05, 3.63) is 48.0 Å². The maximum atomic E-state index is 3.63. The Labute approximate surface area is 129 Å². The molecule has 0 aliphatic carbocycles. The molecule has 0 amide bonds. The van der Waals surface area contributed by atoms with Crippen LogP contribution in [0.5, 0.6) is 0 Å². The van der Waals surface area contributed by atoms with Crippen molar-refractivity contribution in [2.45, 2.75) is 39.3 Å². The molecule has 2 heteroatoms. The number of fused-ring (bicyclic) bond motifs is 1. The summed E-state index contributed by atoms with van der Waals surface area (Å²) in [7, 11) is 2.22.